The summed E-state index contributed by atoms with van der Waals surface area (Å²) in [6, 6.07) is 67.8. The molecule has 4 nitrogen and oxygen atoms in total. The van der Waals surface area contributed by atoms with E-state index >= 15 is 13.2 Å². The Balaban J connectivity index is 1.20. The normalized spacial score (nSPS) is 11.7. The fourth-order valence-corrected chi connectivity index (χ4v) is 11.0. The fraction of sp³-hybridized carbons (Fsp3) is 0.0746. The lowest BCUT2D eigenvalue weighted by Gasteiger charge is -2.22. The highest BCUT2D eigenvalue weighted by atomic mass is 19.4. The number of aryl methyl sites for hydroxylation is 4. The molecule has 10 aromatic carbocycles. The molecule has 0 aliphatic carbocycles. The minimum Gasteiger partial charge on any atom is -0.309 e. The van der Waals surface area contributed by atoms with Gasteiger partial charge in [-0.3, -0.25) is 0 Å². The number of aromatic nitrogens is 2. The van der Waals surface area contributed by atoms with E-state index in [9.17, 15) is 5.26 Å². The van der Waals surface area contributed by atoms with Crippen LogP contribution >= 0.6 is 0 Å². The predicted molar refractivity (Wildman–Crippen MR) is 297 cm³/mol. The van der Waals surface area contributed by atoms with Crippen LogP contribution in [0.2, 0.25) is 0 Å². The number of alkyl halides is 3. The monoisotopic (exact) mass is 962 g/mol. The molecule has 12 aromatic rings. The zero-order chi connectivity index (χ0) is 51.0. The molecule has 12 rings (SSSR count). The molecule has 0 bridgehead atoms. The molecule has 0 N–H and O–H groups in total. The van der Waals surface area contributed by atoms with E-state index in [1.807, 2.05) is 69.8 Å². The molecule has 0 fully saturated rings. The number of rotatable bonds is 7. The van der Waals surface area contributed by atoms with Gasteiger partial charge in [0.25, 0.3) is 0 Å². The van der Waals surface area contributed by atoms with Crippen LogP contribution in [-0.4, -0.2) is 9.13 Å². The highest BCUT2D eigenvalue weighted by Crippen LogP contribution is 2.49. The van der Waals surface area contributed by atoms with Gasteiger partial charge in [-0.25, -0.2) is 4.85 Å². The SMILES string of the molecule is [C-]#[N+]c1cccc(C(F)(F)F)c1-c1cc(-n2c3ccc(-c4cccc(C)c4)cc3c3cc(-c4cccc(C)c4)ccc32)c(C#N)cc1-n1c2ccc(-c3cccc(C)c3)cc2c2cc(-c3cccc(C)c3)ccc21. The first-order valence-corrected chi connectivity index (χ1v) is 24.5. The molecule has 0 aliphatic heterocycles. The van der Waals surface area contributed by atoms with Gasteiger partial charge in [-0.2, -0.15) is 18.4 Å². The van der Waals surface area contributed by atoms with Crippen molar-refractivity contribution in [3.63, 3.8) is 0 Å². The lowest BCUT2D eigenvalue weighted by atomic mass is 9.93. The quantitative estimate of drug-likeness (QED) is 0.147. The average Bonchev–Trinajstić information content (AvgIpc) is 3.91. The van der Waals surface area contributed by atoms with E-state index in [0.29, 0.717) is 11.4 Å². The molecule has 0 unspecified atom stereocenters. The second-order valence-corrected chi connectivity index (χ2v) is 19.4. The molecule has 0 aliphatic rings. The van der Waals surface area contributed by atoms with Crippen molar-refractivity contribution in [1.82, 2.24) is 9.13 Å². The Labute approximate surface area is 426 Å². The van der Waals surface area contributed by atoms with Gasteiger partial charge in [0.15, 0.2) is 5.69 Å². The summed E-state index contributed by atoms with van der Waals surface area (Å²) in [5, 5.41) is 15.1. The summed E-state index contributed by atoms with van der Waals surface area (Å²) in [6.45, 7) is 16.6. The number of hydrogen-bond donors (Lipinski definition) is 0. The van der Waals surface area contributed by atoms with E-state index in [-0.39, 0.29) is 22.4 Å². The van der Waals surface area contributed by atoms with Crippen LogP contribution in [0.1, 0.15) is 33.4 Å². The van der Waals surface area contributed by atoms with Crippen LogP contribution in [0.3, 0.4) is 0 Å². The van der Waals surface area contributed by atoms with Crippen molar-refractivity contribution in [2.45, 2.75) is 33.9 Å². The third kappa shape index (κ3) is 7.78. The Kier molecular flexibility index (Phi) is 10.9. The molecular formula is C67H45F3N4. The van der Waals surface area contributed by atoms with Crippen molar-refractivity contribution in [3.8, 4) is 73.1 Å². The van der Waals surface area contributed by atoms with Gasteiger partial charge >= 0.3 is 6.18 Å². The van der Waals surface area contributed by atoms with E-state index in [0.717, 1.165) is 116 Å². The maximum atomic E-state index is 15.7. The minimum absolute atomic E-state index is 0.157. The zero-order valence-corrected chi connectivity index (χ0v) is 41.0. The summed E-state index contributed by atoms with van der Waals surface area (Å²) in [6.07, 6.45) is -4.83. The maximum Gasteiger partial charge on any atom is 0.415 e. The minimum atomic E-state index is -4.83. The Morgan fingerprint density at radius 2 is 0.770 bits per heavy atom. The van der Waals surface area contributed by atoms with Crippen molar-refractivity contribution in [1.29, 1.82) is 5.26 Å². The van der Waals surface area contributed by atoms with Gasteiger partial charge in [0.2, 0.25) is 0 Å². The third-order valence-electron chi connectivity index (χ3n) is 14.4. The topological polar surface area (TPSA) is 38.0 Å². The van der Waals surface area contributed by atoms with E-state index in [1.165, 1.54) is 12.1 Å². The number of benzene rings is 10. The summed E-state index contributed by atoms with van der Waals surface area (Å²) >= 11 is 0. The summed E-state index contributed by atoms with van der Waals surface area (Å²) in [5.74, 6) is 0. The maximum absolute atomic E-state index is 15.7. The van der Waals surface area contributed by atoms with Crippen LogP contribution in [0.4, 0.5) is 18.9 Å². The Morgan fingerprint density at radius 1 is 0.419 bits per heavy atom. The number of hydrogen-bond acceptors (Lipinski definition) is 1. The van der Waals surface area contributed by atoms with Gasteiger partial charge in [0.05, 0.1) is 51.1 Å². The molecule has 74 heavy (non-hydrogen) atoms. The Morgan fingerprint density at radius 3 is 1.11 bits per heavy atom. The first-order valence-electron chi connectivity index (χ1n) is 24.5. The second kappa shape index (κ2) is 17.7. The van der Waals surface area contributed by atoms with Crippen LogP contribution in [0.15, 0.2) is 200 Å². The first kappa shape index (κ1) is 45.7. The molecule has 0 saturated heterocycles. The number of fused-ring (bicyclic) bond motifs is 6. The van der Waals surface area contributed by atoms with E-state index in [2.05, 4.69) is 148 Å². The largest absolute Gasteiger partial charge is 0.415 e. The van der Waals surface area contributed by atoms with E-state index in [1.54, 1.807) is 12.1 Å². The Hall–Kier alpha value is -9.43. The lowest BCUT2D eigenvalue weighted by molar-refractivity contribution is -0.137. The van der Waals surface area contributed by atoms with Crippen LogP contribution < -0.4 is 0 Å². The number of nitriles is 1. The number of nitrogens with zero attached hydrogens (tertiary/aromatic N) is 4. The molecule has 354 valence electrons. The lowest BCUT2D eigenvalue weighted by Crippen LogP contribution is -2.10. The average molecular weight is 963 g/mol. The van der Waals surface area contributed by atoms with Crippen LogP contribution in [0, 0.1) is 45.6 Å². The van der Waals surface area contributed by atoms with Crippen molar-refractivity contribution in [3.05, 3.63) is 245 Å². The van der Waals surface area contributed by atoms with E-state index < -0.39 is 11.7 Å². The smallest absolute Gasteiger partial charge is 0.309 e. The molecule has 7 heteroatoms. The summed E-state index contributed by atoms with van der Waals surface area (Å²) in [7, 11) is 0. The third-order valence-corrected chi connectivity index (χ3v) is 14.4. The summed E-state index contributed by atoms with van der Waals surface area (Å²) in [5.41, 5.74) is 15.3. The highest BCUT2D eigenvalue weighted by Gasteiger charge is 2.36. The molecule has 2 aromatic heterocycles. The molecular weight excluding hydrogens is 918 g/mol. The van der Waals surface area contributed by atoms with Gasteiger partial charge in [0.1, 0.15) is 6.07 Å². The van der Waals surface area contributed by atoms with Gasteiger partial charge < -0.3 is 9.13 Å². The van der Waals surface area contributed by atoms with Gasteiger partial charge in [-0.05, 0) is 138 Å². The highest BCUT2D eigenvalue weighted by molar-refractivity contribution is 6.14. The molecule has 0 amide bonds. The summed E-state index contributed by atoms with van der Waals surface area (Å²) < 4.78 is 51.0. The second-order valence-electron chi connectivity index (χ2n) is 19.4. The van der Waals surface area contributed by atoms with Crippen molar-refractivity contribution in [2.24, 2.45) is 0 Å². The fourth-order valence-electron chi connectivity index (χ4n) is 11.0. The van der Waals surface area contributed by atoms with Crippen LogP contribution in [-0.2, 0) is 6.18 Å². The number of halogens is 3. The zero-order valence-electron chi connectivity index (χ0n) is 41.0. The van der Waals surface area contributed by atoms with Gasteiger partial charge in [-0.1, -0.05) is 162 Å². The Bertz CT molecular complexity index is 4180. The predicted octanol–water partition coefficient (Wildman–Crippen LogP) is 18.9. The van der Waals surface area contributed by atoms with Crippen molar-refractivity contribution >= 4 is 49.3 Å². The molecule has 0 spiro atoms. The van der Waals surface area contributed by atoms with Gasteiger partial charge in [-0.15, -0.1) is 0 Å². The molecule has 0 radical (unpaired) electrons. The van der Waals surface area contributed by atoms with Crippen LogP contribution in [0.25, 0.3) is 115 Å². The van der Waals surface area contributed by atoms with Crippen molar-refractivity contribution < 1.29 is 13.2 Å². The summed E-state index contributed by atoms with van der Waals surface area (Å²) in [4.78, 5) is 3.77. The first-order chi connectivity index (χ1) is 35.8. The van der Waals surface area contributed by atoms with E-state index in [4.69, 9.17) is 6.57 Å². The molecule has 2 heterocycles. The standard InChI is InChI=1S/C67H45F3N4/c1-40-11-6-15-44(29-40)48-21-25-60-53(33-48)54-34-49(45-16-7-12-41(2)30-45)22-26-61(54)73(60)64-38-57(66-58(67(68,69)70)19-10-20-59(66)72-5)65(37-52(64)39-71)74-62-27-23-50(46-17-8-13-42(3)31-46)35-55(62)56-36-51(24-28-63(56)74)47-18-9-14-43(4)32-47/h6-38H,1-4H3. The molecule has 0 atom stereocenters. The van der Waals surface area contributed by atoms with Crippen LogP contribution in [0.5, 0.6) is 0 Å². The van der Waals surface area contributed by atoms with Crippen molar-refractivity contribution in [2.75, 3.05) is 0 Å². The molecule has 0 saturated carbocycles. The van der Waals surface area contributed by atoms with Gasteiger partial charge in [0, 0.05) is 27.1 Å².